The Hall–Kier alpha value is 0.270. The van der Waals surface area contributed by atoms with Crippen LogP contribution in [0.1, 0.15) is 20.3 Å². The molecular weight excluding hydrogens is 168 g/mol. The molecule has 0 aromatic carbocycles. The van der Waals surface area contributed by atoms with Crippen LogP contribution in [0.2, 0.25) is 0 Å². The first-order valence-corrected chi connectivity index (χ1v) is 5.89. The van der Waals surface area contributed by atoms with Crippen LogP contribution in [0.15, 0.2) is 0 Å². The second-order valence-corrected chi connectivity index (χ2v) is 5.25. The third-order valence-corrected chi connectivity index (χ3v) is 3.15. The zero-order valence-electron chi connectivity index (χ0n) is 8.10. The monoisotopic (exact) mass is 188 g/mol. The minimum atomic E-state index is 0.734. The number of thioether (sulfide) groups is 1. The fourth-order valence-electron chi connectivity index (χ4n) is 1.39. The Bertz CT molecular complexity index is 111. The molecule has 1 fully saturated rings. The van der Waals surface area contributed by atoms with E-state index in [1.807, 2.05) is 11.8 Å². The van der Waals surface area contributed by atoms with Crippen LogP contribution in [0.5, 0.6) is 0 Å². The summed E-state index contributed by atoms with van der Waals surface area (Å²) in [5.41, 5.74) is 0. The lowest BCUT2D eigenvalue weighted by atomic mass is 10.3. The van der Waals surface area contributed by atoms with Gasteiger partial charge in [0.25, 0.3) is 0 Å². The van der Waals surface area contributed by atoms with Gasteiger partial charge in [-0.05, 0) is 18.2 Å². The molecule has 0 aromatic rings. The van der Waals surface area contributed by atoms with Gasteiger partial charge in [-0.2, -0.15) is 11.8 Å². The molecule has 0 aliphatic carbocycles. The molecule has 1 heterocycles. The highest BCUT2D eigenvalue weighted by Crippen LogP contribution is 2.07. The summed E-state index contributed by atoms with van der Waals surface area (Å²) in [6.45, 7) is 8.01. The molecule has 72 valence electrons. The fourth-order valence-corrected chi connectivity index (χ4v) is 2.09. The lowest BCUT2D eigenvalue weighted by molar-refractivity contribution is 0.570. The highest BCUT2D eigenvalue weighted by atomic mass is 32.2. The molecule has 0 bridgehead atoms. The van der Waals surface area contributed by atoms with E-state index < -0.39 is 0 Å². The van der Waals surface area contributed by atoms with Crippen molar-refractivity contribution in [3.05, 3.63) is 0 Å². The summed E-state index contributed by atoms with van der Waals surface area (Å²) in [5.74, 6) is 1.24. The van der Waals surface area contributed by atoms with Gasteiger partial charge in [-0.1, -0.05) is 13.8 Å². The molecular formula is C9H20N2S. The SMILES string of the molecule is CC(C)SCCNC1CCNC1. The van der Waals surface area contributed by atoms with Crippen molar-refractivity contribution in [2.75, 3.05) is 25.4 Å². The molecule has 0 radical (unpaired) electrons. The van der Waals surface area contributed by atoms with Crippen LogP contribution in [0.3, 0.4) is 0 Å². The molecule has 1 atom stereocenters. The molecule has 2 nitrogen and oxygen atoms in total. The first-order chi connectivity index (χ1) is 5.79. The molecule has 3 heteroatoms. The van der Waals surface area contributed by atoms with Gasteiger partial charge >= 0.3 is 0 Å². The van der Waals surface area contributed by atoms with Gasteiger partial charge in [0, 0.05) is 24.9 Å². The van der Waals surface area contributed by atoms with E-state index in [0.717, 1.165) is 24.4 Å². The predicted molar refractivity (Wildman–Crippen MR) is 56.9 cm³/mol. The zero-order valence-corrected chi connectivity index (χ0v) is 8.91. The van der Waals surface area contributed by atoms with Crippen LogP contribution < -0.4 is 10.6 Å². The number of hydrogen-bond acceptors (Lipinski definition) is 3. The van der Waals surface area contributed by atoms with E-state index in [4.69, 9.17) is 0 Å². The Kier molecular flexibility index (Phi) is 5.04. The lowest BCUT2D eigenvalue weighted by Crippen LogP contribution is -2.32. The average molecular weight is 188 g/mol. The van der Waals surface area contributed by atoms with Crippen molar-refractivity contribution < 1.29 is 0 Å². The second kappa shape index (κ2) is 5.84. The normalized spacial score (nSPS) is 23.8. The molecule has 0 spiro atoms. The van der Waals surface area contributed by atoms with E-state index in [1.165, 1.54) is 18.7 Å². The van der Waals surface area contributed by atoms with E-state index in [-0.39, 0.29) is 0 Å². The van der Waals surface area contributed by atoms with Crippen LogP contribution in [0.25, 0.3) is 0 Å². The van der Waals surface area contributed by atoms with Gasteiger partial charge < -0.3 is 10.6 Å². The maximum Gasteiger partial charge on any atom is 0.0204 e. The molecule has 0 aromatic heterocycles. The molecule has 12 heavy (non-hydrogen) atoms. The Morgan fingerprint density at radius 2 is 2.42 bits per heavy atom. The predicted octanol–water partition coefficient (Wildman–Crippen LogP) is 1.08. The summed E-state index contributed by atoms with van der Waals surface area (Å²) in [6.07, 6.45) is 1.30. The quantitative estimate of drug-likeness (QED) is 0.631. The maximum atomic E-state index is 3.55. The molecule has 1 aliphatic rings. The maximum absolute atomic E-state index is 3.55. The van der Waals surface area contributed by atoms with Gasteiger partial charge in [0.15, 0.2) is 0 Å². The van der Waals surface area contributed by atoms with E-state index >= 15 is 0 Å². The number of hydrogen-bond donors (Lipinski definition) is 2. The third kappa shape index (κ3) is 4.33. The van der Waals surface area contributed by atoms with Crippen LogP contribution in [-0.2, 0) is 0 Å². The van der Waals surface area contributed by atoms with E-state index in [9.17, 15) is 0 Å². The fraction of sp³-hybridized carbons (Fsp3) is 1.00. The summed E-state index contributed by atoms with van der Waals surface area (Å²) in [4.78, 5) is 0. The topological polar surface area (TPSA) is 24.1 Å². The standard InChI is InChI=1S/C9H20N2S/c1-8(2)12-6-5-11-9-3-4-10-7-9/h8-11H,3-7H2,1-2H3. The van der Waals surface area contributed by atoms with Crippen molar-refractivity contribution in [3.8, 4) is 0 Å². The highest BCUT2D eigenvalue weighted by molar-refractivity contribution is 7.99. The summed E-state index contributed by atoms with van der Waals surface area (Å²) < 4.78 is 0. The smallest absolute Gasteiger partial charge is 0.0204 e. The Morgan fingerprint density at radius 1 is 1.58 bits per heavy atom. The highest BCUT2D eigenvalue weighted by Gasteiger charge is 2.12. The third-order valence-electron chi connectivity index (χ3n) is 2.05. The summed E-state index contributed by atoms with van der Waals surface area (Å²) in [7, 11) is 0. The van der Waals surface area contributed by atoms with Crippen LogP contribution >= 0.6 is 11.8 Å². The Balaban J connectivity index is 1.88. The van der Waals surface area contributed by atoms with E-state index in [0.29, 0.717) is 0 Å². The van der Waals surface area contributed by atoms with Crippen molar-refractivity contribution >= 4 is 11.8 Å². The van der Waals surface area contributed by atoms with Gasteiger partial charge in [-0.25, -0.2) is 0 Å². The van der Waals surface area contributed by atoms with Crippen molar-refractivity contribution in [1.82, 2.24) is 10.6 Å². The first-order valence-electron chi connectivity index (χ1n) is 4.84. The first kappa shape index (κ1) is 10.4. The van der Waals surface area contributed by atoms with Gasteiger partial charge in [-0.15, -0.1) is 0 Å². The molecule has 0 saturated carbocycles. The summed E-state index contributed by atoms with van der Waals surface area (Å²) in [5, 5.41) is 7.68. The zero-order chi connectivity index (χ0) is 8.81. The van der Waals surface area contributed by atoms with Crippen molar-refractivity contribution in [1.29, 1.82) is 0 Å². The number of rotatable bonds is 5. The summed E-state index contributed by atoms with van der Waals surface area (Å²) >= 11 is 2.03. The van der Waals surface area contributed by atoms with Gasteiger partial charge in [0.2, 0.25) is 0 Å². The van der Waals surface area contributed by atoms with Crippen LogP contribution in [-0.4, -0.2) is 36.7 Å². The molecule has 1 rings (SSSR count). The molecule has 2 N–H and O–H groups in total. The minimum Gasteiger partial charge on any atom is -0.315 e. The molecule has 1 unspecified atom stereocenters. The van der Waals surface area contributed by atoms with E-state index in [2.05, 4.69) is 24.5 Å². The van der Waals surface area contributed by atoms with Crippen LogP contribution in [0.4, 0.5) is 0 Å². The average Bonchev–Trinajstić information content (AvgIpc) is 2.49. The van der Waals surface area contributed by atoms with E-state index in [1.54, 1.807) is 0 Å². The molecule has 1 saturated heterocycles. The van der Waals surface area contributed by atoms with Crippen LogP contribution in [0, 0.1) is 0 Å². The van der Waals surface area contributed by atoms with Gasteiger partial charge in [-0.3, -0.25) is 0 Å². The molecule has 1 aliphatic heterocycles. The molecule has 0 amide bonds. The lowest BCUT2D eigenvalue weighted by Gasteiger charge is -2.11. The Morgan fingerprint density at radius 3 is 3.00 bits per heavy atom. The van der Waals surface area contributed by atoms with Gasteiger partial charge in [0.1, 0.15) is 0 Å². The Labute approximate surface area is 79.9 Å². The second-order valence-electron chi connectivity index (χ2n) is 3.56. The largest absolute Gasteiger partial charge is 0.315 e. The van der Waals surface area contributed by atoms with Gasteiger partial charge in [0.05, 0.1) is 0 Å². The minimum absolute atomic E-state index is 0.734. The summed E-state index contributed by atoms with van der Waals surface area (Å²) in [6, 6.07) is 0.734. The number of nitrogens with one attached hydrogen (secondary N) is 2. The van der Waals surface area contributed by atoms with Crippen molar-refractivity contribution in [2.45, 2.75) is 31.6 Å². The van der Waals surface area contributed by atoms with Crippen molar-refractivity contribution in [2.24, 2.45) is 0 Å². The van der Waals surface area contributed by atoms with Crippen molar-refractivity contribution in [3.63, 3.8) is 0 Å².